The number of fused-ring (bicyclic) bond motifs is 1. The first-order valence-corrected chi connectivity index (χ1v) is 7.78. The highest BCUT2D eigenvalue weighted by Crippen LogP contribution is 2.26. The van der Waals surface area contributed by atoms with E-state index in [0.29, 0.717) is 19.5 Å². The van der Waals surface area contributed by atoms with Crippen molar-refractivity contribution in [2.45, 2.75) is 25.1 Å². The van der Waals surface area contributed by atoms with E-state index >= 15 is 0 Å². The number of rotatable bonds is 3. The molecule has 0 bridgehead atoms. The van der Waals surface area contributed by atoms with E-state index in [1.54, 1.807) is 13.1 Å². The van der Waals surface area contributed by atoms with Crippen LogP contribution >= 0.6 is 11.8 Å². The molecule has 0 aliphatic carbocycles. The lowest BCUT2D eigenvalue weighted by molar-refractivity contribution is -0.128. The van der Waals surface area contributed by atoms with Gasteiger partial charge in [-0.2, -0.15) is 0 Å². The molecule has 0 N–H and O–H groups in total. The first kappa shape index (κ1) is 14.1. The van der Waals surface area contributed by atoms with Gasteiger partial charge < -0.3 is 4.90 Å². The Bertz CT molecular complexity index is 701. The van der Waals surface area contributed by atoms with Crippen LogP contribution in [0, 0.1) is 0 Å². The van der Waals surface area contributed by atoms with E-state index in [2.05, 4.69) is 4.98 Å². The fraction of sp³-hybridized carbons (Fsp3) is 0.312. The van der Waals surface area contributed by atoms with Crippen LogP contribution in [0.1, 0.15) is 18.9 Å². The molecule has 2 aromatic rings. The number of pyridine rings is 1. The molecule has 1 saturated heterocycles. The number of likely N-dealkylation sites (tertiary alicyclic amines) is 1. The Morgan fingerprint density at radius 1 is 1.43 bits per heavy atom. The van der Waals surface area contributed by atoms with Crippen molar-refractivity contribution in [1.82, 2.24) is 9.88 Å². The first-order valence-electron chi connectivity index (χ1n) is 6.90. The second-order valence-corrected chi connectivity index (χ2v) is 6.72. The van der Waals surface area contributed by atoms with Crippen LogP contribution in [-0.2, 0) is 16.1 Å². The maximum absolute atomic E-state index is 12.0. The van der Waals surface area contributed by atoms with E-state index in [4.69, 9.17) is 0 Å². The molecule has 1 atom stereocenters. The zero-order chi connectivity index (χ0) is 14.8. The lowest BCUT2D eigenvalue weighted by Gasteiger charge is -2.16. The summed E-state index contributed by atoms with van der Waals surface area (Å²) in [5.74, 6) is 0.120. The monoisotopic (exact) mass is 300 g/mol. The van der Waals surface area contributed by atoms with Crippen LogP contribution in [0.25, 0.3) is 10.9 Å². The molecule has 4 nitrogen and oxygen atoms in total. The summed E-state index contributed by atoms with van der Waals surface area (Å²) in [6.45, 7) is 2.77. The molecule has 1 amide bonds. The molecular formula is C16H16N2O2S. The van der Waals surface area contributed by atoms with Crippen LogP contribution in [0.3, 0.4) is 0 Å². The van der Waals surface area contributed by atoms with Gasteiger partial charge in [0.15, 0.2) is 5.12 Å². The van der Waals surface area contributed by atoms with Crippen LogP contribution in [0.4, 0.5) is 0 Å². The van der Waals surface area contributed by atoms with Crippen molar-refractivity contribution in [3.05, 3.63) is 42.1 Å². The summed E-state index contributed by atoms with van der Waals surface area (Å²) < 4.78 is 0. The van der Waals surface area contributed by atoms with Crippen molar-refractivity contribution >= 4 is 33.7 Å². The van der Waals surface area contributed by atoms with Crippen LogP contribution in [0.2, 0.25) is 0 Å². The van der Waals surface area contributed by atoms with Gasteiger partial charge in [0.2, 0.25) is 5.91 Å². The Labute approximate surface area is 127 Å². The molecule has 1 aliphatic rings. The molecule has 1 aromatic carbocycles. The van der Waals surface area contributed by atoms with E-state index in [1.807, 2.05) is 35.2 Å². The topological polar surface area (TPSA) is 50.3 Å². The molecule has 1 unspecified atom stereocenters. The number of nitrogens with zero attached hydrogens (tertiary/aromatic N) is 2. The summed E-state index contributed by atoms with van der Waals surface area (Å²) in [6.07, 6.45) is 2.22. The van der Waals surface area contributed by atoms with Gasteiger partial charge in [0.25, 0.3) is 0 Å². The van der Waals surface area contributed by atoms with Gasteiger partial charge in [0, 0.05) is 43.3 Å². The van der Waals surface area contributed by atoms with Crippen molar-refractivity contribution in [3.63, 3.8) is 0 Å². The highest BCUT2D eigenvalue weighted by atomic mass is 32.2. The number of hydrogen-bond donors (Lipinski definition) is 0. The van der Waals surface area contributed by atoms with E-state index in [0.717, 1.165) is 16.5 Å². The van der Waals surface area contributed by atoms with E-state index in [9.17, 15) is 9.59 Å². The first-order chi connectivity index (χ1) is 10.1. The van der Waals surface area contributed by atoms with Gasteiger partial charge >= 0.3 is 0 Å². The Balaban J connectivity index is 1.73. The van der Waals surface area contributed by atoms with Crippen molar-refractivity contribution in [3.8, 4) is 0 Å². The van der Waals surface area contributed by atoms with Crippen LogP contribution in [0.15, 0.2) is 36.5 Å². The number of benzene rings is 1. The van der Waals surface area contributed by atoms with Gasteiger partial charge in [-0.05, 0) is 17.7 Å². The summed E-state index contributed by atoms with van der Waals surface area (Å²) >= 11 is 1.27. The molecule has 1 aliphatic heterocycles. The third-order valence-corrected chi connectivity index (χ3v) is 4.54. The largest absolute Gasteiger partial charge is 0.337 e. The lowest BCUT2D eigenvalue weighted by atomic mass is 10.1. The SMILES string of the molecule is CC(=O)SC1CC(=O)N(Cc2ccc3cccnc3c2)C1. The summed E-state index contributed by atoms with van der Waals surface area (Å²) in [5.41, 5.74) is 2.01. The number of carbonyl (C=O) groups is 2. The van der Waals surface area contributed by atoms with Crippen molar-refractivity contribution in [1.29, 1.82) is 0 Å². The number of aromatic nitrogens is 1. The van der Waals surface area contributed by atoms with Gasteiger partial charge in [-0.25, -0.2) is 0 Å². The molecular weight excluding hydrogens is 284 g/mol. The van der Waals surface area contributed by atoms with Crippen LogP contribution in [-0.4, -0.2) is 32.7 Å². The Kier molecular flexibility index (Phi) is 3.92. The van der Waals surface area contributed by atoms with Gasteiger partial charge in [0.1, 0.15) is 0 Å². The van der Waals surface area contributed by atoms with Crippen molar-refractivity contribution in [2.75, 3.05) is 6.54 Å². The minimum absolute atomic E-state index is 0.0737. The van der Waals surface area contributed by atoms with Gasteiger partial charge in [-0.1, -0.05) is 30.0 Å². The highest BCUT2D eigenvalue weighted by molar-refractivity contribution is 8.14. The summed E-state index contributed by atoms with van der Waals surface area (Å²) in [4.78, 5) is 29.3. The average Bonchev–Trinajstić information content (AvgIpc) is 2.77. The molecule has 0 saturated carbocycles. The van der Waals surface area contributed by atoms with Gasteiger partial charge in [0.05, 0.1) is 5.52 Å². The third-order valence-electron chi connectivity index (χ3n) is 3.56. The number of carbonyl (C=O) groups excluding carboxylic acids is 2. The molecule has 3 rings (SSSR count). The maximum Gasteiger partial charge on any atom is 0.224 e. The molecule has 1 aromatic heterocycles. The van der Waals surface area contributed by atoms with Gasteiger partial charge in [-0.3, -0.25) is 14.6 Å². The molecule has 2 heterocycles. The lowest BCUT2D eigenvalue weighted by Crippen LogP contribution is -2.25. The number of amides is 1. The summed E-state index contributed by atoms with van der Waals surface area (Å²) in [6, 6.07) is 10.0. The molecule has 5 heteroatoms. The third kappa shape index (κ3) is 3.24. The molecule has 21 heavy (non-hydrogen) atoms. The minimum Gasteiger partial charge on any atom is -0.337 e. The predicted molar refractivity (Wildman–Crippen MR) is 83.8 cm³/mol. The zero-order valence-electron chi connectivity index (χ0n) is 11.8. The molecule has 108 valence electrons. The Hall–Kier alpha value is -1.88. The molecule has 0 radical (unpaired) electrons. The smallest absolute Gasteiger partial charge is 0.224 e. The standard InChI is InChI=1S/C16H16N2O2S/c1-11(19)21-14-8-16(20)18(10-14)9-12-4-5-13-3-2-6-17-15(13)7-12/h2-7,14H,8-10H2,1H3. The predicted octanol–water partition coefficient (Wildman–Crippen LogP) is 2.62. The quantitative estimate of drug-likeness (QED) is 0.874. The van der Waals surface area contributed by atoms with Crippen LogP contribution in [0.5, 0.6) is 0 Å². The average molecular weight is 300 g/mol. The summed E-state index contributed by atoms with van der Waals surface area (Å²) in [7, 11) is 0. The molecule has 0 spiro atoms. The second kappa shape index (κ2) is 5.85. The van der Waals surface area contributed by atoms with Crippen molar-refractivity contribution in [2.24, 2.45) is 0 Å². The second-order valence-electron chi connectivity index (χ2n) is 5.24. The van der Waals surface area contributed by atoms with Crippen LogP contribution < -0.4 is 0 Å². The normalized spacial score (nSPS) is 18.4. The summed E-state index contributed by atoms with van der Waals surface area (Å²) in [5, 5.41) is 1.26. The van der Waals surface area contributed by atoms with E-state index < -0.39 is 0 Å². The zero-order valence-corrected chi connectivity index (χ0v) is 12.6. The fourth-order valence-corrected chi connectivity index (χ4v) is 3.58. The fourth-order valence-electron chi connectivity index (χ4n) is 2.63. The highest BCUT2D eigenvalue weighted by Gasteiger charge is 2.30. The van der Waals surface area contributed by atoms with Crippen molar-refractivity contribution < 1.29 is 9.59 Å². The minimum atomic E-state index is 0.0737. The maximum atomic E-state index is 12.0. The number of hydrogen-bond acceptors (Lipinski definition) is 4. The van der Waals surface area contributed by atoms with Gasteiger partial charge in [-0.15, -0.1) is 0 Å². The van der Waals surface area contributed by atoms with E-state index in [1.165, 1.54) is 11.8 Å². The molecule has 1 fully saturated rings. The number of thioether (sulfide) groups is 1. The Morgan fingerprint density at radius 3 is 3.10 bits per heavy atom. The van der Waals surface area contributed by atoms with E-state index in [-0.39, 0.29) is 16.3 Å². The Morgan fingerprint density at radius 2 is 2.29 bits per heavy atom.